The van der Waals surface area contributed by atoms with Crippen LogP contribution in [0.3, 0.4) is 0 Å². The van der Waals surface area contributed by atoms with Gasteiger partial charge >= 0.3 is 11.9 Å². The molecule has 2 aliphatic rings. The number of nitrogens with one attached hydrogen (secondary N) is 1. The lowest BCUT2D eigenvalue weighted by molar-refractivity contribution is -0.160. The van der Waals surface area contributed by atoms with Crippen LogP contribution >= 0.6 is 0 Å². The number of rotatable bonds is 7. The predicted octanol–water partition coefficient (Wildman–Crippen LogP) is 6.73. The van der Waals surface area contributed by atoms with Crippen LogP contribution in [0.15, 0.2) is 57.5 Å². The Bertz CT molecular complexity index is 2700. The SMILES string of the molecule is CCOc1c(C)c(=O)c2c(O)c3c4oc5cc(N6CCN(CC(C)C)CC6)cc(O)c5nc4c2c1C(=O)O/C=C/[C@H](OC)[C@@H](C)[C@@H](OC(C)=O)[C@H](C)[C@H](O)[C@H](C)[C@@H](O)[C@@H](C)/C=C/C=C(/C)C(=O)N3. The summed E-state index contributed by atoms with van der Waals surface area (Å²) < 4.78 is 29.9. The summed E-state index contributed by atoms with van der Waals surface area (Å²) in [6.45, 7) is 21.0. The van der Waals surface area contributed by atoms with Crippen molar-refractivity contribution < 1.29 is 58.2 Å². The normalized spacial score (nSPS) is 26.7. The van der Waals surface area contributed by atoms with E-state index in [1.54, 1.807) is 58.9 Å². The first-order chi connectivity index (χ1) is 32.2. The van der Waals surface area contributed by atoms with Crippen molar-refractivity contribution in [3.8, 4) is 17.2 Å². The number of aromatic nitrogens is 1. The molecule has 4 aromatic rings. The number of amides is 1. The van der Waals surface area contributed by atoms with Crippen LogP contribution in [-0.2, 0) is 23.8 Å². The quantitative estimate of drug-likeness (QED) is 0.0560. The van der Waals surface area contributed by atoms with E-state index in [-0.39, 0.29) is 68.1 Å². The van der Waals surface area contributed by atoms with Gasteiger partial charge in [-0.1, -0.05) is 59.8 Å². The fourth-order valence-corrected chi connectivity index (χ4v) is 9.39. The number of cyclic esters (lactones) is 1. The molecule has 3 aromatic carbocycles. The number of anilines is 2. The monoisotopic (exact) mass is 942 g/mol. The van der Waals surface area contributed by atoms with Gasteiger partial charge in [0.1, 0.15) is 39.9 Å². The fraction of sp³-hybridized carbons (Fsp3) is 0.510. The molecule has 0 unspecified atom stereocenters. The van der Waals surface area contributed by atoms with E-state index in [0.29, 0.717) is 24.7 Å². The molecule has 0 saturated carbocycles. The van der Waals surface area contributed by atoms with Crippen molar-refractivity contribution in [3.63, 3.8) is 0 Å². The molecule has 1 aromatic heterocycles. The van der Waals surface area contributed by atoms with E-state index in [0.717, 1.165) is 25.9 Å². The van der Waals surface area contributed by atoms with Crippen LogP contribution < -0.4 is 20.4 Å². The van der Waals surface area contributed by atoms with Crippen LogP contribution in [0.2, 0.25) is 0 Å². The molecule has 1 fully saturated rings. The van der Waals surface area contributed by atoms with Crippen LogP contribution in [-0.4, -0.2) is 119 Å². The summed E-state index contributed by atoms with van der Waals surface area (Å²) in [5, 5.41) is 49.0. The second-order valence-corrected chi connectivity index (χ2v) is 18.6. The van der Waals surface area contributed by atoms with Gasteiger partial charge in [0.15, 0.2) is 22.3 Å². The third-order valence-corrected chi connectivity index (χ3v) is 13.2. The molecule has 1 saturated heterocycles. The molecular weight excluding hydrogens is 877 g/mol. The number of aliphatic hydroxyl groups excluding tert-OH is 2. The van der Waals surface area contributed by atoms with Gasteiger partial charge in [-0.15, -0.1) is 0 Å². The Hall–Kier alpha value is -6.01. The van der Waals surface area contributed by atoms with Gasteiger partial charge < -0.3 is 54.0 Å². The standard InChI is InChI=1S/C51H66N4O13/c1-12-65-48-31(9)45(60)38-37-39(48)51(63)66-21-16-35(64-11)28(6)47(67-32(10)56)30(8)44(59)29(7)43(58)26(4)14-13-15-27(5)50(62)53-42(46(38)61)49-41(37)52-40-34(57)22-33(23-36(40)68-49)55-19-17-54(18-20-55)24-25(2)3/h13-16,21-23,25-26,28-30,35,43-44,47,57-59,61H,12,17-20,24H2,1-11H3,(H,53,62)/b14-13+,21-16+,27-15-/t26-,28+,29+,30+,35-,43-,44+,47+/m0/s1. The number of aromatic hydroxyl groups is 2. The zero-order valence-corrected chi connectivity index (χ0v) is 40.8. The van der Waals surface area contributed by atoms with Crippen molar-refractivity contribution >= 4 is 62.2 Å². The van der Waals surface area contributed by atoms with Gasteiger partial charge in [0.25, 0.3) is 5.91 Å². The molecule has 5 N–H and O–H groups in total. The maximum atomic E-state index is 14.6. The summed E-state index contributed by atoms with van der Waals surface area (Å²) in [7, 11) is 1.41. The Morgan fingerprint density at radius 1 is 0.941 bits per heavy atom. The van der Waals surface area contributed by atoms with Gasteiger partial charge in [0, 0.05) is 105 Å². The Labute approximate surface area is 396 Å². The summed E-state index contributed by atoms with van der Waals surface area (Å²) >= 11 is 0. The van der Waals surface area contributed by atoms with Crippen molar-refractivity contribution in [2.45, 2.75) is 93.7 Å². The van der Waals surface area contributed by atoms with E-state index >= 15 is 0 Å². The lowest BCUT2D eigenvalue weighted by atomic mass is 9.78. The minimum Gasteiger partial charge on any atom is -0.505 e. The molecule has 0 radical (unpaired) electrons. The second kappa shape index (κ2) is 21.5. The van der Waals surface area contributed by atoms with Crippen molar-refractivity contribution in [3.05, 3.63) is 69.6 Å². The first-order valence-electron chi connectivity index (χ1n) is 23.2. The van der Waals surface area contributed by atoms with Crippen LogP contribution in [0.5, 0.6) is 17.2 Å². The maximum absolute atomic E-state index is 14.6. The zero-order chi connectivity index (χ0) is 49.9. The van der Waals surface area contributed by atoms with Crippen LogP contribution in [0, 0.1) is 36.5 Å². The number of esters is 2. The number of carbonyl (C=O) groups is 3. The van der Waals surface area contributed by atoms with Crippen molar-refractivity contribution in [1.29, 1.82) is 0 Å². The second-order valence-electron chi connectivity index (χ2n) is 18.6. The molecule has 2 bridgehead atoms. The van der Waals surface area contributed by atoms with Gasteiger partial charge in [0.2, 0.25) is 0 Å². The maximum Gasteiger partial charge on any atom is 0.347 e. The number of hydrogen-bond donors (Lipinski definition) is 5. The van der Waals surface area contributed by atoms with E-state index in [4.69, 9.17) is 28.3 Å². The Morgan fingerprint density at radius 3 is 2.26 bits per heavy atom. The number of hydrogen-bond acceptors (Lipinski definition) is 16. The number of methoxy groups -OCH3 is 1. The van der Waals surface area contributed by atoms with E-state index < -0.39 is 82.5 Å². The zero-order valence-electron chi connectivity index (χ0n) is 40.8. The van der Waals surface area contributed by atoms with Crippen molar-refractivity contribution in [2.24, 2.45) is 29.6 Å². The summed E-state index contributed by atoms with van der Waals surface area (Å²) in [6.07, 6.45) is 3.20. The third kappa shape index (κ3) is 10.5. The number of piperazine rings is 1. The Kier molecular flexibility index (Phi) is 16.3. The molecule has 17 nitrogen and oxygen atoms in total. The molecule has 0 aliphatic carbocycles. The van der Waals surface area contributed by atoms with Crippen LogP contribution in [0.1, 0.15) is 78.2 Å². The van der Waals surface area contributed by atoms with E-state index in [9.17, 15) is 39.6 Å². The molecule has 8 atom stereocenters. The topological polar surface area (TPSA) is 231 Å². The highest BCUT2D eigenvalue weighted by atomic mass is 16.6. The number of benzene rings is 3. The van der Waals surface area contributed by atoms with E-state index in [2.05, 4.69) is 29.0 Å². The molecule has 368 valence electrons. The molecule has 68 heavy (non-hydrogen) atoms. The number of fused-ring (bicyclic) bond motifs is 1. The average molecular weight is 943 g/mol. The molecule has 6 rings (SSSR count). The predicted molar refractivity (Wildman–Crippen MR) is 259 cm³/mol. The molecule has 0 spiro atoms. The highest BCUT2D eigenvalue weighted by molar-refractivity contribution is 6.23. The number of allylic oxidation sites excluding steroid dienone is 2. The molecule has 3 heterocycles. The van der Waals surface area contributed by atoms with Gasteiger partial charge in [-0.05, 0) is 32.8 Å². The van der Waals surface area contributed by atoms with Crippen LogP contribution in [0.4, 0.5) is 11.4 Å². The number of phenols is 2. The Balaban J connectivity index is 1.62. The number of aliphatic hydroxyl groups is 2. The number of ether oxygens (including phenoxy) is 4. The molecule has 1 amide bonds. The summed E-state index contributed by atoms with van der Waals surface area (Å²) in [5.41, 5.74) is -1.00. The van der Waals surface area contributed by atoms with Gasteiger partial charge in [-0.2, -0.15) is 0 Å². The summed E-state index contributed by atoms with van der Waals surface area (Å²) in [5.74, 6) is -5.61. The lowest BCUT2D eigenvalue weighted by Gasteiger charge is -2.38. The smallest absolute Gasteiger partial charge is 0.347 e. The average Bonchev–Trinajstić information content (AvgIpc) is 3.30. The van der Waals surface area contributed by atoms with Crippen LogP contribution in [0.25, 0.3) is 33.0 Å². The highest BCUT2D eigenvalue weighted by Crippen LogP contribution is 2.46. The van der Waals surface area contributed by atoms with Gasteiger partial charge in [-0.3, -0.25) is 19.3 Å². The first kappa shape index (κ1) is 51.4. The van der Waals surface area contributed by atoms with E-state index in [1.165, 1.54) is 40.0 Å². The van der Waals surface area contributed by atoms with Gasteiger partial charge in [-0.25, -0.2) is 9.78 Å². The largest absolute Gasteiger partial charge is 0.505 e. The molecular formula is C51H66N4O13. The lowest BCUT2D eigenvalue weighted by Crippen LogP contribution is -2.47. The van der Waals surface area contributed by atoms with Crippen molar-refractivity contribution in [1.82, 2.24) is 9.88 Å². The summed E-state index contributed by atoms with van der Waals surface area (Å²) in [4.78, 5) is 64.9. The third-order valence-electron chi connectivity index (χ3n) is 13.2. The summed E-state index contributed by atoms with van der Waals surface area (Å²) in [6, 6.07) is 3.27. The van der Waals surface area contributed by atoms with Gasteiger partial charge in [0.05, 0.1) is 36.6 Å². The number of carbonyl (C=O) groups excluding carboxylic acids is 3. The highest BCUT2D eigenvalue weighted by Gasteiger charge is 2.40. The fourth-order valence-electron chi connectivity index (χ4n) is 9.39. The number of nitrogens with zero attached hydrogens (tertiary/aromatic N) is 3. The minimum absolute atomic E-state index is 0.00923. The minimum atomic E-state index is -1.16. The molecule has 17 heteroatoms. The first-order valence-corrected chi connectivity index (χ1v) is 23.2. The van der Waals surface area contributed by atoms with Crippen molar-refractivity contribution in [2.75, 3.05) is 56.7 Å². The number of phenolic OH excluding ortho intramolecular Hbond substituents is 2. The Morgan fingerprint density at radius 2 is 1.63 bits per heavy atom. The van der Waals surface area contributed by atoms with E-state index in [1.807, 2.05) is 0 Å². The molecule has 2 aliphatic heterocycles.